The van der Waals surface area contributed by atoms with Crippen LogP contribution >= 0.6 is 0 Å². The van der Waals surface area contributed by atoms with E-state index in [0.717, 1.165) is 11.4 Å². The molecule has 1 unspecified atom stereocenters. The molecule has 1 heterocycles. The van der Waals surface area contributed by atoms with Crippen LogP contribution in [0.15, 0.2) is 267 Å². The number of rotatable bonds is 9. The second-order valence-electron chi connectivity index (χ2n) is 17.2. The molecule has 0 aromatic heterocycles. The van der Waals surface area contributed by atoms with Gasteiger partial charge >= 0.3 is 0 Å². The Morgan fingerprint density at radius 2 is 0.742 bits per heavy atom. The number of benzene rings is 11. The summed E-state index contributed by atoms with van der Waals surface area (Å²) in [7, 11) is -2.77. The van der Waals surface area contributed by atoms with Crippen LogP contribution < -0.4 is 31.0 Å². The van der Waals surface area contributed by atoms with Gasteiger partial charge in [0.2, 0.25) is 0 Å². The zero-order valence-electron chi connectivity index (χ0n) is 36.4. The van der Waals surface area contributed by atoms with E-state index in [2.05, 4.69) is 277 Å². The maximum atomic E-state index is 3.90. The number of fused-ring (bicyclic) bond motifs is 3. The summed E-state index contributed by atoms with van der Waals surface area (Å²) in [5, 5.41) is 14.3. The normalized spacial score (nSPS) is 13.4. The van der Waals surface area contributed by atoms with Gasteiger partial charge in [-0.2, -0.15) is 0 Å². The topological polar surface area (TPSA) is 15.3 Å². The first kappa shape index (κ1) is 39.4. The molecule has 11 aromatic rings. The highest BCUT2D eigenvalue weighted by Crippen LogP contribution is 2.51. The molecule has 0 radical (unpaired) electrons. The summed E-state index contributed by atoms with van der Waals surface area (Å²) in [5.41, 5.74) is 12.0. The SMILES string of the molecule is c1ccc(C2Nc3cccc(-c4cccc(-c5c6ccccc6c(-c6cccc([Si](c7ccccc7)(c7ccccc7)c7ccccc7)c6)c6ccccc56)c4)c3N2c2ccccc2)cc1. The van der Waals surface area contributed by atoms with E-state index in [-0.39, 0.29) is 6.17 Å². The quantitative estimate of drug-likeness (QED) is 0.0884. The molecule has 0 spiro atoms. The van der Waals surface area contributed by atoms with E-state index >= 15 is 0 Å². The first-order valence-corrected chi connectivity index (χ1v) is 24.9. The number of anilines is 3. The van der Waals surface area contributed by atoms with Crippen LogP contribution in [0.5, 0.6) is 0 Å². The maximum absolute atomic E-state index is 3.90. The van der Waals surface area contributed by atoms with Crippen molar-refractivity contribution >= 4 is 67.4 Å². The predicted molar refractivity (Wildman–Crippen MR) is 283 cm³/mol. The number of hydrogen-bond acceptors (Lipinski definition) is 2. The van der Waals surface area contributed by atoms with Crippen LogP contribution in [0.25, 0.3) is 54.9 Å². The molecule has 3 heteroatoms. The molecule has 0 fully saturated rings. The van der Waals surface area contributed by atoms with Crippen molar-refractivity contribution in [3.8, 4) is 33.4 Å². The number of nitrogens with one attached hydrogen (secondary N) is 1. The molecule has 0 bridgehead atoms. The Hall–Kier alpha value is -8.24. The lowest BCUT2D eigenvalue weighted by atomic mass is 9.85. The molecular formula is C63H46N2Si. The minimum atomic E-state index is -2.77. The lowest BCUT2D eigenvalue weighted by molar-refractivity contribution is 0.829. The lowest BCUT2D eigenvalue weighted by Crippen LogP contribution is -2.74. The van der Waals surface area contributed by atoms with Crippen LogP contribution in [-0.4, -0.2) is 8.07 Å². The summed E-state index contributed by atoms with van der Waals surface area (Å²) in [6.45, 7) is 0. The minimum Gasteiger partial charge on any atom is -0.359 e. The van der Waals surface area contributed by atoms with E-state index in [1.165, 1.54) is 86.9 Å². The molecule has 1 N–H and O–H groups in total. The third kappa shape index (κ3) is 6.55. The number of hydrogen-bond donors (Lipinski definition) is 1. The first-order chi connectivity index (χ1) is 32.8. The molecule has 2 nitrogen and oxygen atoms in total. The Kier molecular flexibility index (Phi) is 9.96. The summed E-state index contributed by atoms with van der Waals surface area (Å²) >= 11 is 0. The first-order valence-electron chi connectivity index (χ1n) is 22.9. The van der Waals surface area contributed by atoms with Crippen molar-refractivity contribution < 1.29 is 0 Å². The van der Waals surface area contributed by atoms with Crippen LogP contribution in [0.2, 0.25) is 0 Å². The van der Waals surface area contributed by atoms with Crippen LogP contribution in [0.1, 0.15) is 11.7 Å². The van der Waals surface area contributed by atoms with Crippen molar-refractivity contribution in [1.82, 2.24) is 0 Å². The second-order valence-corrected chi connectivity index (χ2v) is 21.0. The summed E-state index contributed by atoms with van der Waals surface area (Å²) in [4.78, 5) is 2.46. The Morgan fingerprint density at radius 3 is 1.27 bits per heavy atom. The summed E-state index contributed by atoms with van der Waals surface area (Å²) in [6, 6.07) is 98.6. The van der Waals surface area contributed by atoms with Crippen molar-refractivity contribution in [2.45, 2.75) is 6.17 Å². The third-order valence-corrected chi connectivity index (χ3v) is 18.4. The summed E-state index contributed by atoms with van der Waals surface area (Å²) in [6.07, 6.45) is -0.0484. The Labute approximate surface area is 387 Å². The zero-order valence-corrected chi connectivity index (χ0v) is 37.4. The Balaban J connectivity index is 1.05. The fourth-order valence-electron chi connectivity index (χ4n) is 10.8. The largest absolute Gasteiger partial charge is 0.359 e. The van der Waals surface area contributed by atoms with Gasteiger partial charge in [0.1, 0.15) is 6.17 Å². The average Bonchev–Trinajstić information content (AvgIpc) is 3.80. The van der Waals surface area contributed by atoms with E-state index in [0.29, 0.717) is 0 Å². The van der Waals surface area contributed by atoms with E-state index in [4.69, 9.17) is 0 Å². The van der Waals surface area contributed by atoms with Crippen molar-refractivity contribution in [3.05, 3.63) is 272 Å². The molecule has 66 heavy (non-hydrogen) atoms. The van der Waals surface area contributed by atoms with E-state index < -0.39 is 8.07 Å². The predicted octanol–water partition coefficient (Wildman–Crippen LogP) is 13.6. The van der Waals surface area contributed by atoms with Crippen LogP contribution in [0, 0.1) is 0 Å². The van der Waals surface area contributed by atoms with Gasteiger partial charge in [-0.3, -0.25) is 0 Å². The van der Waals surface area contributed by atoms with Crippen LogP contribution in [-0.2, 0) is 0 Å². The zero-order chi connectivity index (χ0) is 43.9. The maximum Gasteiger partial charge on any atom is 0.179 e. The Morgan fingerprint density at radius 1 is 0.333 bits per heavy atom. The van der Waals surface area contributed by atoms with Gasteiger partial charge in [-0.25, -0.2) is 0 Å². The van der Waals surface area contributed by atoms with Crippen LogP contribution in [0.4, 0.5) is 17.1 Å². The highest BCUT2D eigenvalue weighted by atomic mass is 28.3. The van der Waals surface area contributed by atoms with Gasteiger partial charge in [0.05, 0.1) is 11.4 Å². The smallest absolute Gasteiger partial charge is 0.179 e. The number of nitrogens with zero attached hydrogens (tertiary/aromatic N) is 1. The van der Waals surface area contributed by atoms with Gasteiger partial charge in [0, 0.05) is 11.3 Å². The van der Waals surface area contributed by atoms with Gasteiger partial charge < -0.3 is 10.2 Å². The van der Waals surface area contributed by atoms with E-state index in [1.54, 1.807) is 0 Å². The van der Waals surface area contributed by atoms with Crippen molar-refractivity contribution in [2.24, 2.45) is 0 Å². The molecule has 1 atom stereocenters. The highest BCUT2D eigenvalue weighted by Gasteiger charge is 2.41. The molecule has 11 aromatic carbocycles. The fourth-order valence-corrected chi connectivity index (χ4v) is 15.6. The highest BCUT2D eigenvalue weighted by molar-refractivity contribution is 7.19. The molecule has 12 rings (SSSR count). The molecule has 1 aliphatic rings. The van der Waals surface area contributed by atoms with Gasteiger partial charge in [0.15, 0.2) is 8.07 Å². The fraction of sp³-hybridized carbons (Fsp3) is 0.0159. The van der Waals surface area contributed by atoms with Crippen molar-refractivity contribution in [2.75, 3.05) is 10.2 Å². The molecular weight excluding hydrogens is 813 g/mol. The van der Waals surface area contributed by atoms with Crippen LogP contribution in [0.3, 0.4) is 0 Å². The molecule has 312 valence electrons. The van der Waals surface area contributed by atoms with E-state index in [1.807, 2.05) is 0 Å². The van der Waals surface area contributed by atoms with Gasteiger partial charge in [-0.1, -0.05) is 243 Å². The monoisotopic (exact) mass is 858 g/mol. The second kappa shape index (κ2) is 16.7. The number of para-hydroxylation sites is 2. The van der Waals surface area contributed by atoms with E-state index in [9.17, 15) is 0 Å². The average molecular weight is 859 g/mol. The standard InChI is InChI=1S/C63H46N2Si/c1-6-23-45(24-7-1)63-64-59-42-22-41-54(62(59)65(63)49-28-8-2-9-29-49)46-25-20-26-47(43-46)60-55-37-16-18-39-57(55)61(58-40-19-17-38-56(58)60)48-27-21-36-53(44-48)66(50-30-10-3-11-31-50,51-32-12-4-13-33-51)52-34-14-5-15-35-52/h1-44,63-64H. The van der Waals surface area contributed by atoms with Gasteiger partial charge in [-0.15, -0.1) is 0 Å². The minimum absolute atomic E-state index is 0.0484. The third-order valence-electron chi connectivity index (χ3n) is 13.6. The molecule has 0 saturated carbocycles. The summed E-state index contributed by atoms with van der Waals surface area (Å²) < 4.78 is 0. The van der Waals surface area contributed by atoms with Crippen molar-refractivity contribution in [1.29, 1.82) is 0 Å². The molecule has 1 aliphatic heterocycles. The molecule has 0 saturated heterocycles. The van der Waals surface area contributed by atoms with Gasteiger partial charge in [0.25, 0.3) is 0 Å². The summed E-state index contributed by atoms with van der Waals surface area (Å²) in [5.74, 6) is 0. The van der Waals surface area contributed by atoms with Crippen molar-refractivity contribution in [3.63, 3.8) is 0 Å². The molecule has 0 aliphatic carbocycles. The molecule has 0 amide bonds. The Bertz CT molecular complexity index is 3350. The lowest BCUT2D eigenvalue weighted by Gasteiger charge is -2.34. The van der Waals surface area contributed by atoms with Gasteiger partial charge in [-0.05, 0) is 99.9 Å².